The number of nitrogens with zero attached hydrogens (tertiary/aromatic N) is 1. The van der Waals surface area contributed by atoms with E-state index in [4.69, 9.17) is 14.6 Å². The molecule has 0 aliphatic heterocycles. The van der Waals surface area contributed by atoms with E-state index in [9.17, 15) is 14.0 Å². The number of halogens is 1. The Labute approximate surface area is 138 Å². The molecule has 0 radical (unpaired) electrons. The van der Waals surface area contributed by atoms with Crippen molar-refractivity contribution in [1.29, 1.82) is 0 Å². The van der Waals surface area contributed by atoms with Gasteiger partial charge in [0.2, 0.25) is 0 Å². The van der Waals surface area contributed by atoms with Crippen molar-refractivity contribution in [2.75, 3.05) is 13.2 Å². The van der Waals surface area contributed by atoms with Crippen LogP contribution in [0.15, 0.2) is 36.7 Å². The number of aromatic nitrogens is 1. The number of pyridine rings is 1. The lowest BCUT2D eigenvalue weighted by Gasteiger charge is -2.12. The van der Waals surface area contributed by atoms with E-state index in [0.29, 0.717) is 25.1 Å². The molecule has 2 rings (SSSR count). The minimum atomic E-state index is -0.942. The molecule has 0 aliphatic carbocycles. The van der Waals surface area contributed by atoms with Crippen LogP contribution in [0, 0.1) is 5.82 Å². The maximum atomic E-state index is 13.4. The summed E-state index contributed by atoms with van der Waals surface area (Å²) in [6.07, 6.45) is 3.46. The van der Waals surface area contributed by atoms with Crippen LogP contribution in [-0.2, 0) is 0 Å². The fourth-order valence-electron chi connectivity index (χ4n) is 1.71. The van der Waals surface area contributed by atoms with E-state index in [2.05, 4.69) is 4.98 Å². The molecule has 1 N–H and O–H groups in total. The van der Waals surface area contributed by atoms with Crippen LogP contribution in [-0.4, -0.2) is 35.6 Å². The second-order valence-electron chi connectivity index (χ2n) is 4.33. The van der Waals surface area contributed by atoms with E-state index < -0.39 is 11.8 Å². The molecule has 24 heavy (non-hydrogen) atoms. The Balaban J connectivity index is 0.000000272. The maximum Gasteiger partial charge on any atom is 0.337 e. The number of carboxylic acids is 1. The van der Waals surface area contributed by atoms with Gasteiger partial charge in [0.15, 0.2) is 23.6 Å². The van der Waals surface area contributed by atoms with Gasteiger partial charge in [-0.15, -0.1) is 0 Å². The average Bonchev–Trinajstić information content (AvgIpc) is 2.60. The normalized spacial score (nSPS) is 9.46. The predicted molar refractivity (Wildman–Crippen MR) is 85.3 cm³/mol. The number of hydrogen-bond donors (Lipinski definition) is 1. The van der Waals surface area contributed by atoms with Crippen LogP contribution in [0.2, 0.25) is 0 Å². The number of carbonyl (C=O) groups excluding carboxylic acids is 1. The molecule has 0 fully saturated rings. The van der Waals surface area contributed by atoms with Gasteiger partial charge in [-0.25, -0.2) is 9.18 Å². The topological polar surface area (TPSA) is 85.7 Å². The summed E-state index contributed by atoms with van der Waals surface area (Å²) in [6, 6.07) is 5.64. The van der Waals surface area contributed by atoms with Gasteiger partial charge >= 0.3 is 5.97 Å². The van der Waals surface area contributed by atoms with E-state index >= 15 is 0 Å². The first-order valence-electron chi connectivity index (χ1n) is 7.21. The van der Waals surface area contributed by atoms with Crippen molar-refractivity contribution in [3.63, 3.8) is 0 Å². The van der Waals surface area contributed by atoms with E-state index in [1.165, 1.54) is 30.6 Å². The molecular weight excluding hydrogens is 317 g/mol. The second-order valence-corrected chi connectivity index (χ2v) is 4.33. The third-order valence-corrected chi connectivity index (χ3v) is 2.71. The van der Waals surface area contributed by atoms with Crippen LogP contribution >= 0.6 is 0 Å². The lowest BCUT2D eigenvalue weighted by atomic mass is 10.2. The Hall–Kier alpha value is -2.96. The lowest BCUT2D eigenvalue weighted by molar-refractivity contribution is 0.0696. The summed E-state index contributed by atoms with van der Waals surface area (Å²) in [6.45, 7) is 4.17. The van der Waals surface area contributed by atoms with Crippen LogP contribution in [0.1, 0.15) is 34.6 Å². The molecule has 128 valence electrons. The van der Waals surface area contributed by atoms with Crippen molar-refractivity contribution in [2.45, 2.75) is 13.8 Å². The minimum Gasteiger partial charge on any atom is -0.489 e. The van der Waals surface area contributed by atoms with Crippen LogP contribution in [0.3, 0.4) is 0 Å². The quantitative estimate of drug-likeness (QED) is 0.816. The molecule has 0 amide bonds. The summed E-state index contributed by atoms with van der Waals surface area (Å²) in [7, 11) is 0. The van der Waals surface area contributed by atoms with Crippen molar-refractivity contribution < 1.29 is 28.6 Å². The molecule has 0 atom stereocenters. The monoisotopic (exact) mass is 335 g/mol. The Morgan fingerprint density at radius 2 is 1.88 bits per heavy atom. The van der Waals surface area contributed by atoms with Crippen molar-refractivity contribution >= 4 is 12.3 Å². The highest BCUT2D eigenvalue weighted by molar-refractivity contribution is 5.86. The van der Waals surface area contributed by atoms with Gasteiger partial charge in [0.25, 0.3) is 0 Å². The standard InChI is InChI=1S/C11H13FO3.C6H5NO2/c1-3-14-10-8(7-13)5-6-9(12)11(10)15-4-2;8-6(9)5-2-1-3-7-4-5/h5-7H,3-4H2,1-2H3;1-4H,(H,8,9). The highest BCUT2D eigenvalue weighted by Gasteiger charge is 2.15. The van der Waals surface area contributed by atoms with Crippen LogP contribution in [0.25, 0.3) is 0 Å². The average molecular weight is 335 g/mol. The predicted octanol–water partition coefficient (Wildman–Crippen LogP) is 3.22. The SMILES string of the molecule is CCOc1c(F)ccc(C=O)c1OCC.O=C(O)c1cccnc1. The zero-order valence-electron chi connectivity index (χ0n) is 13.4. The Morgan fingerprint density at radius 3 is 2.33 bits per heavy atom. The summed E-state index contributed by atoms with van der Waals surface area (Å²) in [5, 5.41) is 8.34. The van der Waals surface area contributed by atoms with Gasteiger partial charge in [-0.2, -0.15) is 0 Å². The number of aldehydes is 1. The first kappa shape index (κ1) is 19.1. The molecule has 0 unspecified atom stereocenters. The van der Waals surface area contributed by atoms with E-state index in [-0.39, 0.29) is 17.1 Å². The smallest absolute Gasteiger partial charge is 0.337 e. The molecule has 6 nitrogen and oxygen atoms in total. The third kappa shape index (κ3) is 5.35. The van der Waals surface area contributed by atoms with Crippen molar-refractivity contribution in [3.05, 3.63) is 53.6 Å². The van der Waals surface area contributed by atoms with E-state index in [1.54, 1.807) is 19.9 Å². The minimum absolute atomic E-state index is 0.00366. The molecule has 7 heteroatoms. The van der Waals surface area contributed by atoms with E-state index in [0.717, 1.165) is 0 Å². The number of carboxylic acid groups (broad SMARTS) is 1. The zero-order chi connectivity index (χ0) is 17.9. The van der Waals surface area contributed by atoms with Gasteiger partial charge < -0.3 is 14.6 Å². The lowest BCUT2D eigenvalue weighted by Crippen LogP contribution is -2.03. The largest absolute Gasteiger partial charge is 0.489 e. The Bertz CT molecular complexity index is 676. The molecule has 0 bridgehead atoms. The molecule has 0 saturated carbocycles. The Kier molecular flexibility index (Phi) is 7.90. The zero-order valence-corrected chi connectivity index (χ0v) is 13.4. The van der Waals surface area contributed by atoms with Gasteiger partial charge in [-0.1, -0.05) is 0 Å². The fraction of sp³-hybridized carbons (Fsp3) is 0.235. The fourth-order valence-corrected chi connectivity index (χ4v) is 1.71. The van der Waals surface area contributed by atoms with Crippen LogP contribution in [0.4, 0.5) is 4.39 Å². The first-order valence-corrected chi connectivity index (χ1v) is 7.21. The number of ether oxygens (including phenoxy) is 2. The van der Waals surface area contributed by atoms with Gasteiger partial charge in [0.1, 0.15) is 0 Å². The highest BCUT2D eigenvalue weighted by Crippen LogP contribution is 2.33. The number of rotatable bonds is 6. The molecule has 1 aromatic carbocycles. The number of benzene rings is 1. The summed E-state index contributed by atoms with van der Waals surface area (Å²) < 4.78 is 23.7. The van der Waals surface area contributed by atoms with E-state index in [1.807, 2.05) is 0 Å². The maximum absolute atomic E-state index is 13.4. The number of hydrogen-bond acceptors (Lipinski definition) is 5. The molecule has 1 heterocycles. The number of aromatic carboxylic acids is 1. The second kappa shape index (κ2) is 9.94. The van der Waals surface area contributed by atoms with Gasteiger partial charge in [0, 0.05) is 12.4 Å². The summed E-state index contributed by atoms with van der Waals surface area (Å²) >= 11 is 0. The summed E-state index contributed by atoms with van der Waals surface area (Å²) in [5.74, 6) is -1.28. The number of carbonyl (C=O) groups is 2. The van der Waals surface area contributed by atoms with Crippen molar-refractivity contribution in [3.8, 4) is 11.5 Å². The van der Waals surface area contributed by atoms with Crippen molar-refractivity contribution in [2.24, 2.45) is 0 Å². The molecule has 1 aromatic heterocycles. The van der Waals surface area contributed by atoms with Gasteiger partial charge in [0.05, 0.1) is 24.3 Å². The third-order valence-electron chi connectivity index (χ3n) is 2.71. The van der Waals surface area contributed by atoms with Gasteiger partial charge in [-0.05, 0) is 38.1 Å². The Morgan fingerprint density at radius 1 is 1.21 bits per heavy atom. The van der Waals surface area contributed by atoms with Crippen LogP contribution in [0.5, 0.6) is 11.5 Å². The van der Waals surface area contributed by atoms with Crippen LogP contribution < -0.4 is 9.47 Å². The molecule has 0 aliphatic rings. The molecular formula is C17H18FNO5. The highest BCUT2D eigenvalue weighted by atomic mass is 19.1. The summed E-state index contributed by atoms with van der Waals surface area (Å²) in [4.78, 5) is 24.5. The molecule has 0 saturated heterocycles. The van der Waals surface area contributed by atoms with Crippen molar-refractivity contribution in [1.82, 2.24) is 4.98 Å². The van der Waals surface area contributed by atoms with Gasteiger partial charge in [-0.3, -0.25) is 9.78 Å². The first-order chi connectivity index (χ1) is 11.5. The summed E-state index contributed by atoms with van der Waals surface area (Å²) in [5.41, 5.74) is 0.513. The molecule has 2 aromatic rings. The molecule has 0 spiro atoms.